The van der Waals surface area contributed by atoms with Gasteiger partial charge in [0.1, 0.15) is 0 Å². The first-order chi connectivity index (χ1) is 15.7. The van der Waals surface area contributed by atoms with Gasteiger partial charge in [0, 0.05) is 26.2 Å². The molecule has 1 aliphatic heterocycles. The summed E-state index contributed by atoms with van der Waals surface area (Å²) in [6.07, 6.45) is 0.747. The molecule has 1 saturated heterocycles. The molecule has 0 atom stereocenters. The molecule has 3 rings (SSSR count). The quantitative estimate of drug-likeness (QED) is 0.551. The second-order valence-electron chi connectivity index (χ2n) is 8.43. The molecule has 0 saturated carbocycles. The van der Waals surface area contributed by atoms with Crippen LogP contribution in [0.4, 0.5) is 0 Å². The average Bonchev–Trinajstić information content (AvgIpc) is 2.83. The zero-order valence-corrected chi connectivity index (χ0v) is 20.3. The lowest BCUT2D eigenvalue weighted by Crippen LogP contribution is -2.41. The molecule has 0 aliphatic carbocycles. The topological polar surface area (TPSA) is 84.0 Å². The fourth-order valence-electron chi connectivity index (χ4n) is 3.88. The molecule has 0 aromatic heterocycles. The minimum Gasteiger partial charge on any atom is -0.455 e. The van der Waals surface area contributed by atoms with Crippen molar-refractivity contribution in [3.8, 4) is 0 Å². The zero-order chi connectivity index (χ0) is 24.0. The molecular formula is C25H32N2O5S. The van der Waals surface area contributed by atoms with Crippen LogP contribution < -0.4 is 0 Å². The second-order valence-corrected chi connectivity index (χ2v) is 10.4. The van der Waals surface area contributed by atoms with Crippen molar-refractivity contribution < 1.29 is 22.7 Å². The predicted octanol–water partition coefficient (Wildman–Crippen LogP) is 3.30. The minimum absolute atomic E-state index is 0.246. The number of aryl methyl sites for hydroxylation is 2. The summed E-state index contributed by atoms with van der Waals surface area (Å²) in [5, 5.41) is 0. The molecule has 1 amide bonds. The second kappa shape index (κ2) is 10.9. The van der Waals surface area contributed by atoms with Gasteiger partial charge in [0.15, 0.2) is 6.61 Å². The Labute approximate surface area is 196 Å². The van der Waals surface area contributed by atoms with E-state index in [1.54, 1.807) is 23.1 Å². The maximum atomic E-state index is 13.0. The number of nitrogens with zero attached hydrogens (tertiary/aromatic N) is 2. The van der Waals surface area contributed by atoms with Crippen molar-refractivity contribution in [2.45, 2.75) is 45.1 Å². The summed E-state index contributed by atoms with van der Waals surface area (Å²) >= 11 is 0. The van der Waals surface area contributed by atoms with Crippen LogP contribution in [0.2, 0.25) is 0 Å². The Kier molecular flexibility index (Phi) is 8.26. The molecule has 1 aliphatic rings. The zero-order valence-electron chi connectivity index (χ0n) is 19.5. The summed E-state index contributed by atoms with van der Waals surface area (Å²) in [6, 6.07) is 14.8. The lowest BCUT2D eigenvalue weighted by Gasteiger charge is -2.30. The summed E-state index contributed by atoms with van der Waals surface area (Å²) < 4.78 is 32.6. The molecule has 0 radical (unpaired) electrons. The molecule has 33 heavy (non-hydrogen) atoms. The minimum atomic E-state index is -3.60. The van der Waals surface area contributed by atoms with Gasteiger partial charge in [-0.25, -0.2) is 8.42 Å². The standard InChI is InChI=1S/C25H32N2O5S/c1-4-26(17-21-8-6-5-7-9-21)24(28)18-32-25(29)22-12-14-27(15-13-22)33(30,31)23-11-10-19(2)20(3)16-23/h5-11,16,22H,4,12-15,17-18H2,1-3H3. The Morgan fingerprint density at radius 2 is 1.70 bits per heavy atom. The highest BCUT2D eigenvalue weighted by molar-refractivity contribution is 7.89. The number of hydrogen-bond donors (Lipinski definition) is 0. The molecule has 0 unspecified atom stereocenters. The third-order valence-electron chi connectivity index (χ3n) is 6.19. The largest absolute Gasteiger partial charge is 0.455 e. The van der Waals surface area contributed by atoms with E-state index in [-0.39, 0.29) is 30.5 Å². The van der Waals surface area contributed by atoms with E-state index in [2.05, 4.69) is 0 Å². The van der Waals surface area contributed by atoms with Crippen molar-refractivity contribution in [3.05, 3.63) is 65.2 Å². The molecule has 0 bridgehead atoms. The van der Waals surface area contributed by atoms with Crippen LogP contribution in [-0.2, 0) is 30.9 Å². The normalized spacial score (nSPS) is 15.2. The first-order valence-electron chi connectivity index (χ1n) is 11.3. The van der Waals surface area contributed by atoms with Crippen LogP contribution in [0.1, 0.15) is 36.5 Å². The van der Waals surface area contributed by atoms with Crippen LogP contribution in [0.25, 0.3) is 0 Å². The number of ether oxygens (including phenoxy) is 1. The smallest absolute Gasteiger partial charge is 0.309 e. The number of carbonyl (C=O) groups is 2. The van der Waals surface area contributed by atoms with E-state index in [1.807, 2.05) is 51.1 Å². The highest BCUT2D eigenvalue weighted by Gasteiger charge is 2.33. The molecule has 8 heteroatoms. The summed E-state index contributed by atoms with van der Waals surface area (Å²) in [4.78, 5) is 27.0. The molecule has 0 N–H and O–H groups in total. The van der Waals surface area contributed by atoms with Gasteiger partial charge in [0.25, 0.3) is 5.91 Å². The van der Waals surface area contributed by atoms with Crippen LogP contribution in [0.15, 0.2) is 53.4 Å². The monoisotopic (exact) mass is 472 g/mol. The van der Waals surface area contributed by atoms with Gasteiger partial charge in [0.2, 0.25) is 10.0 Å². The number of piperidine rings is 1. The van der Waals surface area contributed by atoms with E-state index in [0.717, 1.165) is 16.7 Å². The van der Waals surface area contributed by atoms with E-state index in [9.17, 15) is 18.0 Å². The van der Waals surface area contributed by atoms with Crippen molar-refractivity contribution in [1.29, 1.82) is 0 Å². The van der Waals surface area contributed by atoms with Gasteiger partial charge in [-0.1, -0.05) is 36.4 Å². The Hall–Kier alpha value is -2.71. The van der Waals surface area contributed by atoms with Gasteiger partial charge >= 0.3 is 5.97 Å². The van der Waals surface area contributed by atoms with Gasteiger partial charge in [-0.2, -0.15) is 4.31 Å². The molecule has 1 heterocycles. The van der Waals surface area contributed by atoms with Crippen molar-refractivity contribution in [2.75, 3.05) is 26.2 Å². The molecule has 2 aromatic carbocycles. The first kappa shape index (κ1) is 24.9. The average molecular weight is 473 g/mol. The number of likely N-dealkylation sites (N-methyl/N-ethyl adjacent to an activating group) is 1. The van der Waals surface area contributed by atoms with E-state index in [0.29, 0.717) is 25.9 Å². The number of sulfonamides is 1. The lowest BCUT2D eigenvalue weighted by molar-refractivity contribution is -0.156. The molecular weight excluding hydrogens is 440 g/mol. The van der Waals surface area contributed by atoms with E-state index < -0.39 is 21.9 Å². The lowest BCUT2D eigenvalue weighted by atomic mass is 9.98. The van der Waals surface area contributed by atoms with Crippen LogP contribution >= 0.6 is 0 Å². The Morgan fingerprint density at radius 3 is 2.30 bits per heavy atom. The number of amides is 1. The summed E-state index contributed by atoms with van der Waals surface area (Å²) in [7, 11) is -3.60. The molecule has 0 spiro atoms. The van der Waals surface area contributed by atoms with Gasteiger partial charge in [-0.3, -0.25) is 9.59 Å². The van der Waals surface area contributed by atoms with Crippen molar-refractivity contribution in [3.63, 3.8) is 0 Å². The maximum absolute atomic E-state index is 13.0. The van der Waals surface area contributed by atoms with Crippen LogP contribution in [-0.4, -0.2) is 55.7 Å². The first-order valence-corrected chi connectivity index (χ1v) is 12.7. The van der Waals surface area contributed by atoms with Crippen LogP contribution in [0, 0.1) is 19.8 Å². The molecule has 2 aromatic rings. The summed E-state index contributed by atoms with van der Waals surface area (Å²) in [5.41, 5.74) is 2.97. The summed E-state index contributed by atoms with van der Waals surface area (Å²) in [5.74, 6) is -1.10. The molecule has 1 fully saturated rings. The highest BCUT2D eigenvalue weighted by Crippen LogP contribution is 2.25. The number of rotatable bonds is 8. The number of benzene rings is 2. The fourth-order valence-corrected chi connectivity index (χ4v) is 5.43. The number of hydrogen-bond acceptors (Lipinski definition) is 5. The van der Waals surface area contributed by atoms with Crippen LogP contribution in [0.5, 0.6) is 0 Å². The van der Waals surface area contributed by atoms with Crippen molar-refractivity contribution >= 4 is 21.9 Å². The van der Waals surface area contributed by atoms with E-state index in [1.165, 1.54) is 4.31 Å². The van der Waals surface area contributed by atoms with Crippen molar-refractivity contribution in [1.82, 2.24) is 9.21 Å². The van der Waals surface area contributed by atoms with Gasteiger partial charge < -0.3 is 9.64 Å². The highest BCUT2D eigenvalue weighted by atomic mass is 32.2. The number of esters is 1. The van der Waals surface area contributed by atoms with Crippen molar-refractivity contribution in [2.24, 2.45) is 5.92 Å². The third-order valence-corrected chi connectivity index (χ3v) is 8.09. The summed E-state index contributed by atoms with van der Waals surface area (Å²) in [6.45, 7) is 6.88. The van der Waals surface area contributed by atoms with Gasteiger partial charge in [0.05, 0.1) is 10.8 Å². The van der Waals surface area contributed by atoms with E-state index >= 15 is 0 Å². The van der Waals surface area contributed by atoms with Gasteiger partial charge in [-0.05, 0) is 62.4 Å². The van der Waals surface area contributed by atoms with Gasteiger partial charge in [-0.15, -0.1) is 0 Å². The Morgan fingerprint density at radius 1 is 1.03 bits per heavy atom. The Bertz CT molecular complexity index is 1080. The molecule has 7 nitrogen and oxygen atoms in total. The number of carbonyl (C=O) groups excluding carboxylic acids is 2. The maximum Gasteiger partial charge on any atom is 0.309 e. The molecule has 178 valence electrons. The predicted molar refractivity (Wildman–Crippen MR) is 126 cm³/mol. The van der Waals surface area contributed by atoms with Crippen LogP contribution in [0.3, 0.4) is 0 Å². The van der Waals surface area contributed by atoms with E-state index in [4.69, 9.17) is 4.74 Å². The SMILES string of the molecule is CCN(Cc1ccccc1)C(=O)COC(=O)C1CCN(S(=O)(=O)c2ccc(C)c(C)c2)CC1. The fraction of sp³-hybridized carbons (Fsp3) is 0.440. The third kappa shape index (κ3) is 6.21. The Balaban J connectivity index is 1.50.